The van der Waals surface area contributed by atoms with Crippen LogP contribution in [0.5, 0.6) is 0 Å². The monoisotopic (exact) mass is 352 g/mol. The van der Waals surface area contributed by atoms with E-state index < -0.39 is 0 Å². The smallest absolute Gasteiger partial charge is 0.00489 e. The van der Waals surface area contributed by atoms with Crippen molar-refractivity contribution in [2.75, 3.05) is 13.1 Å². The Labute approximate surface area is 161 Å². The minimum absolute atomic E-state index is 1.10. The molecule has 0 rings (SSSR count). The van der Waals surface area contributed by atoms with Crippen LogP contribution in [0.25, 0.3) is 0 Å². The van der Waals surface area contributed by atoms with Crippen molar-refractivity contribution in [3.8, 4) is 0 Å². The Morgan fingerprint density at radius 2 is 0.760 bits per heavy atom. The molecule has 0 aliphatic heterocycles. The molecule has 151 valence electrons. The summed E-state index contributed by atoms with van der Waals surface area (Å²) in [5, 5.41) is 3.57. The number of rotatable bonds is 22. The lowest BCUT2D eigenvalue weighted by Crippen LogP contribution is -2.16. The molecular weight excluding hydrogens is 302 g/mol. The topological polar surface area (TPSA) is 12.0 Å². The molecule has 0 aliphatic rings. The lowest BCUT2D eigenvalue weighted by Gasteiger charge is -2.05. The van der Waals surface area contributed by atoms with Crippen LogP contribution in [0, 0.1) is 6.92 Å². The Balaban J connectivity index is 2.94. The third kappa shape index (κ3) is 24.0. The van der Waals surface area contributed by atoms with E-state index in [2.05, 4.69) is 19.2 Å². The maximum Gasteiger partial charge on any atom is -0.00489 e. The van der Waals surface area contributed by atoms with E-state index in [1.165, 1.54) is 135 Å². The van der Waals surface area contributed by atoms with Crippen LogP contribution in [-0.2, 0) is 0 Å². The highest BCUT2D eigenvalue weighted by molar-refractivity contribution is 4.53. The van der Waals surface area contributed by atoms with Gasteiger partial charge in [0.25, 0.3) is 0 Å². The molecule has 0 spiro atoms. The van der Waals surface area contributed by atoms with Gasteiger partial charge in [-0.2, -0.15) is 0 Å². The van der Waals surface area contributed by atoms with Crippen molar-refractivity contribution in [2.45, 2.75) is 135 Å². The van der Waals surface area contributed by atoms with Gasteiger partial charge in [0, 0.05) is 0 Å². The molecule has 1 nitrogen and oxygen atoms in total. The summed E-state index contributed by atoms with van der Waals surface area (Å²) >= 11 is 0. The molecule has 25 heavy (non-hydrogen) atoms. The Morgan fingerprint density at radius 1 is 0.440 bits per heavy atom. The van der Waals surface area contributed by atoms with Crippen LogP contribution in [0.4, 0.5) is 0 Å². The van der Waals surface area contributed by atoms with E-state index in [0.29, 0.717) is 0 Å². The normalized spacial score (nSPS) is 11.3. The number of unbranched alkanes of at least 4 members (excludes halogenated alkanes) is 18. The van der Waals surface area contributed by atoms with Gasteiger partial charge in [0.1, 0.15) is 0 Å². The van der Waals surface area contributed by atoms with Crippen LogP contribution in [0.2, 0.25) is 0 Å². The van der Waals surface area contributed by atoms with Gasteiger partial charge >= 0.3 is 0 Å². The molecule has 0 aromatic heterocycles. The predicted octanol–water partition coefficient (Wildman–Crippen LogP) is 8.23. The van der Waals surface area contributed by atoms with E-state index in [9.17, 15) is 0 Å². The summed E-state index contributed by atoms with van der Waals surface area (Å²) in [6.07, 6.45) is 28.3. The highest BCUT2D eigenvalue weighted by Gasteiger charge is 1.95. The Hall–Kier alpha value is -0.0400. The van der Waals surface area contributed by atoms with E-state index in [1.807, 2.05) is 0 Å². The van der Waals surface area contributed by atoms with Gasteiger partial charge in [0.05, 0.1) is 0 Å². The second-order valence-corrected chi connectivity index (χ2v) is 7.97. The van der Waals surface area contributed by atoms with Gasteiger partial charge in [-0.15, -0.1) is 0 Å². The summed E-state index contributed by atoms with van der Waals surface area (Å²) in [4.78, 5) is 0. The van der Waals surface area contributed by atoms with Gasteiger partial charge in [-0.1, -0.05) is 129 Å². The lowest BCUT2D eigenvalue weighted by molar-refractivity contribution is 0.522. The molecule has 0 heterocycles. The van der Waals surface area contributed by atoms with Crippen LogP contribution >= 0.6 is 0 Å². The van der Waals surface area contributed by atoms with Gasteiger partial charge in [-0.25, -0.2) is 0 Å². The SMILES string of the molecule is [CH2]CCCCCNCCCCCCCCCCCCCCCCCC. The minimum Gasteiger partial charge on any atom is -0.317 e. The summed E-state index contributed by atoms with van der Waals surface area (Å²) in [6, 6.07) is 0. The van der Waals surface area contributed by atoms with Crippen LogP contribution in [0.15, 0.2) is 0 Å². The zero-order chi connectivity index (χ0) is 18.3. The number of hydrogen-bond donors (Lipinski definition) is 1. The van der Waals surface area contributed by atoms with Crippen molar-refractivity contribution < 1.29 is 0 Å². The molecular formula is C24H50N. The molecule has 0 aliphatic carbocycles. The van der Waals surface area contributed by atoms with Crippen molar-refractivity contribution in [1.29, 1.82) is 0 Å². The number of hydrogen-bond acceptors (Lipinski definition) is 1. The van der Waals surface area contributed by atoms with E-state index in [4.69, 9.17) is 0 Å². The second-order valence-electron chi connectivity index (χ2n) is 7.97. The van der Waals surface area contributed by atoms with E-state index >= 15 is 0 Å². The van der Waals surface area contributed by atoms with Gasteiger partial charge in [0.2, 0.25) is 0 Å². The summed E-state index contributed by atoms with van der Waals surface area (Å²) < 4.78 is 0. The fourth-order valence-electron chi connectivity index (χ4n) is 3.53. The molecule has 0 saturated carbocycles. The molecule has 0 saturated heterocycles. The Bertz CT molecular complexity index is 192. The fourth-order valence-corrected chi connectivity index (χ4v) is 3.53. The van der Waals surface area contributed by atoms with Crippen molar-refractivity contribution >= 4 is 0 Å². The molecule has 0 atom stereocenters. The zero-order valence-electron chi connectivity index (χ0n) is 17.8. The molecule has 0 unspecified atom stereocenters. The highest BCUT2D eigenvalue weighted by atomic mass is 14.8. The highest BCUT2D eigenvalue weighted by Crippen LogP contribution is 2.13. The maximum atomic E-state index is 3.89. The lowest BCUT2D eigenvalue weighted by atomic mass is 10.0. The summed E-state index contributed by atoms with van der Waals surface area (Å²) in [5.41, 5.74) is 0. The summed E-state index contributed by atoms with van der Waals surface area (Å²) in [5.74, 6) is 0. The summed E-state index contributed by atoms with van der Waals surface area (Å²) in [7, 11) is 0. The third-order valence-electron chi connectivity index (χ3n) is 5.31. The first-order chi connectivity index (χ1) is 12.4. The van der Waals surface area contributed by atoms with Crippen LogP contribution in [-0.4, -0.2) is 13.1 Å². The summed E-state index contributed by atoms with van der Waals surface area (Å²) in [6.45, 7) is 8.62. The average Bonchev–Trinajstić information content (AvgIpc) is 2.63. The van der Waals surface area contributed by atoms with Crippen molar-refractivity contribution in [3.05, 3.63) is 6.92 Å². The largest absolute Gasteiger partial charge is 0.317 e. The predicted molar refractivity (Wildman–Crippen MR) is 116 cm³/mol. The maximum absolute atomic E-state index is 3.89. The van der Waals surface area contributed by atoms with Crippen LogP contribution in [0.3, 0.4) is 0 Å². The molecule has 0 aromatic carbocycles. The second kappa shape index (κ2) is 24.0. The van der Waals surface area contributed by atoms with Gasteiger partial charge in [0.15, 0.2) is 0 Å². The van der Waals surface area contributed by atoms with E-state index in [0.717, 1.165) is 6.42 Å². The van der Waals surface area contributed by atoms with Crippen molar-refractivity contribution in [3.63, 3.8) is 0 Å². The quantitative estimate of drug-likeness (QED) is 0.193. The van der Waals surface area contributed by atoms with Gasteiger partial charge in [-0.3, -0.25) is 0 Å². The van der Waals surface area contributed by atoms with Crippen LogP contribution in [0.1, 0.15) is 135 Å². The standard InChI is InChI=1S/C24H50N/c1-3-5-7-9-10-11-12-13-14-15-16-17-18-19-20-22-24-25-23-21-8-6-4-2/h25H,2-24H2,1H3. The average molecular weight is 353 g/mol. The van der Waals surface area contributed by atoms with Gasteiger partial charge < -0.3 is 5.32 Å². The molecule has 0 fully saturated rings. The zero-order valence-corrected chi connectivity index (χ0v) is 17.8. The number of nitrogens with one attached hydrogen (secondary N) is 1. The first-order valence-corrected chi connectivity index (χ1v) is 11.9. The molecule has 0 aromatic rings. The molecule has 0 amide bonds. The van der Waals surface area contributed by atoms with Gasteiger partial charge in [-0.05, 0) is 25.9 Å². The molecule has 1 heteroatoms. The van der Waals surface area contributed by atoms with Crippen molar-refractivity contribution in [2.24, 2.45) is 0 Å². The Kier molecular flexibility index (Phi) is 23.9. The first kappa shape index (κ1) is 25.0. The molecule has 1 radical (unpaired) electrons. The third-order valence-corrected chi connectivity index (χ3v) is 5.31. The molecule has 0 bridgehead atoms. The Morgan fingerprint density at radius 3 is 1.12 bits per heavy atom. The van der Waals surface area contributed by atoms with E-state index in [1.54, 1.807) is 0 Å². The first-order valence-electron chi connectivity index (χ1n) is 11.9. The van der Waals surface area contributed by atoms with Crippen LogP contribution < -0.4 is 5.32 Å². The molecule has 1 N–H and O–H groups in total. The van der Waals surface area contributed by atoms with E-state index in [-0.39, 0.29) is 0 Å². The minimum atomic E-state index is 1.10. The van der Waals surface area contributed by atoms with Crippen molar-refractivity contribution in [1.82, 2.24) is 5.32 Å². The fraction of sp³-hybridized carbons (Fsp3) is 0.958.